The third-order valence-corrected chi connectivity index (χ3v) is 2.99. The van der Waals surface area contributed by atoms with E-state index in [0.717, 1.165) is 24.9 Å². The summed E-state index contributed by atoms with van der Waals surface area (Å²) in [6.45, 7) is 5.03. The Morgan fingerprint density at radius 1 is 1.69 bits per heavy atom. The van der Waals surface area contributed by atoms with Gasteiger partial charge in [-0.15, -0.1) is 0 Å². The van der Waals surface area contributed by atoms with Gasteiger partial charge in [0.1, 0.15) is 0 Å². The van der Waals surface area contributed by atoms with Gasteiger partial charge in [-0.2, -0.15) is 5.10 Å². The van der Waals surface area contributed by atoms with E-state index in [1.807, 2.05) is 17.8 Å². The van der Waals surface area contributed by atoms with Crippen LogP contribution in [-0.4, -0.2) is 14.9 Å². The number of nitrogens with zero attached hydrogens (tertiary/aromatic N) is 2. The van der Waals surface area contributed by atoms with Gasteiger partial charge < -0.3 is 5.11 Å². The van der Waals surface area contributed by atoms with E-state index in [9.17, 15) is 5.11 Å². The fourth-order valence-electron chi connectivity index (χ4n) is 1.57. The zero-order valence-corrected chi connectivity index (χ0v) is 8.20. The summed E-state index contributed by atoms with van der Waals surface area (Å²) < 4.78 is 1.85. The van der Waals surface area contributed by atoms with Crippen molar-refractivity contribution >= 4 is 0 Å². The van der Waals surface area contributed by atoms with Crippen LogP contribution in [0.15, 0.2) is 12.4 Å². The first kappa shape index (κ1) is 8.75. The maximum Gasteiger partial charge on any atom is 0.0873 e. The molecule has 2 rings (SSSR count). The van der Waals surface area contributed by atoms with E-state index in [-0.39, 0.29) is 11.5 Å². The van der Waals surface area contributed by atoms with Crippen molar-refractivity contribution in [2.45, 2.75) is 39.3 Å². The standard InChI is InChI=1S/C10H16N2O/c1-3-12-7-8(6-11-12)9(13)10(2)4-5-10/h6-7,9,13H,3-5H2,1-2H3. The molecule has 0 amide bonds. The number of aromatic nitrogens is 2. The molecule has 1 atom stereocenters. The van der Waals surface area contributed by atoms with Crippen molar-refractivity contribution in [1.29, 1.82) is 0 Å². The maximum atomic E-state index is 9.98. The number of aliphatic hydroxyl groups excluding tert-OH is 1. The van der Waals surface area contributed by atoms with E-state index < -0.39 is 0 Å². The van der Waals surface area contributed by atoms with Gasteiger partial charge in [-0.05, 0) is 25.2 Å². The van der Waals surface area contributed by atoms with Crippen molar-refractivity contribution in [2.75, 3.05) is 0 Å². The van der Waals surface area contributed by atoms with Crippen molar-refractivity contribution in [3.05, 3.63) is 18.0 Å². The van der Waals surface area contributed by atoms with Crippen molar-refractivity contribution in [3.8, 4) is 0 Å². The first-order chi connectivity index (χ1) is 6.15. The maximum absolute atomic E-state index is 9.98. The molecule has 3 heteroatoms. The number of aryl methyl sites for hydroxylation is 1. The van der Waals surface area contributed by atoms with Gasteiger partial charge in [0.15, 0.2) is 0 Å². The Labute approximate surface area is 78.4 Å². The molecule has 1 unspecified atom stereocenters. The SMILES string of the molecule is CCn1cc(C(O)C2(C)CC2)cn1. The summed E-state index contributed by atoms with van der Waals surface area (Å²) in [7, 11) is 0. The van der Waals surface area contributed by atoms with Crippen LogP contribution in [0.5, 0.6) is 0 Å². The van der Waals surface area contributed by atoms with Crippen LogP contribution in [0.25, 0.3) is 0 Å². The van der Waals surface area contributed by atoms with Gasteiger partial charge in [-0.25, -0.2) is 0 Å². The topological polar surface area (TPSA) is 38.0 Å². The minimum Gasteiger partial charge on any atom is -0.388 e. The molecule has 0 aliphatic heterocycles. The second kappa shape index (κ2) is 2.84. The molecule has 1 fully saturated rings. The highest BCUT2D eigenvalue weighted by molar-refractivity contribution is 5.15. The fraction of sp³-hybridized carbons (Fsp3) is 0.700. The fourth-order valence-corrected chi connectivity index (χ4v) is 1.57. The predicted molar refractivity (Wildman–Crippen MR) is 50.2 cm³/mol. The molecule has 1 N–H and O–H groups in total. The number of hydrogen-bond acceptors (Lipinski definition) is 2. The molecule has 1 saturated carbocycles. The van der Waals surface area contributed by atoms with Gasteiger partial charge >= 0.3 is 0 Å². The van der Waals surface area contributed by atoms with Crippen molar-refractivity contribution < 1.29 is 5.11 Å². The van der Waals surface area contributed by atoms with Crippen LogP contribution < -0.4 is 0 Å². The highest BCUT2D eigenvalue weighted by Crippen LogP contribution is 2.54. The summed E-state index contributed by atoms with van der Waals surface area (Å²) in [5, 5.41) is 14.1. The summed E-state index contributed by atoms with van der Waals surface area (Å²) in [6, 6.07) is 0. The molecule has 1 aromatic heterocycles. The monoisotopic (exact) mass is 180 g/mol. The first-order valence-electron chi connectivity index (χ1n) is 4.86. The lowest BCUT2D eigenvalue weighted by atomic mass is 9.97. The zero-order chi connectivity index (χ0) is 9.47. The largest absolute Gasteiger partial charge is 0.388 e. The Bertz CT molecular complexity index is 302. The van der Waals surface area contributed by atoms with Gasteiger partial charge in [0.2, 0.25) is 0 Å². The smallest absolute Gasteiger partial charge is 0.0873 e. The quantitative estimate of drug-likeness (QED) is 0.769. The van der Waals surface area contributed by atoms with Gasteiger partial charge in [0, 0.05) is 18.3 Å². The van der Waals surface area contributed by atoms with E-state index in [4.69, 9.17) is 0 Å². The highest BCUT2D eigenvalue weighted by Gasteiger charge is 2.45. The zero-order valence-electron chi connectivity index (χ0n) is 8.20. The molecule has 13 heavy (non-hydrogen) atoms. The molecule has 0 saturated heterocycles. The lowest BCUT2D eigenvalue weighted by Crippen LogP contribution is -2.08. The third kappa shape index (κ3) is 1.48. The average Bonchev–Trinajstić information content (AvgIpc) is 2.71. The third-order valence-electron chi connectivity index (χ3n) is 2.99. The Kier molecular flexibility index (Phi) is 1.91. The van der Waals surface area contributed by atoms with E-state index in [2.05, 4.69) is 12.0 Å². The van der Waals surface area contributed by atoms with Crippen molar-refractivity contribution in [1.82, 2.24) is 9.78 Å². The van der Waals surface area contributed by atoms with Crippen LogP contribution in [0, 0.1) is 5.41 Å². The minimum absolute atomic E-state index is 0.127. The van der Waals surface area contributed by atoms with E-state index in [1.165, 1.54) is 0 Å². The number of rotatable bonds is 3. The van der Waals surface area contributed by atoms with Gasteiger partial charge in [0.25, 0.3) is 0 Å². The van der Waals surface area contributed by atoms with Crippen molar-refractivity contribution in [2.24, 2.45) is 5.41 Å². The first-order valence-corrected chi connectivity index (χ1v) is 4.86. The predicted octanol–water partition coefficient (Wildman–Crippen LogP) is 1.74. The van der Waals surface area contributed by atoms with Crippen LogP contribution in [0.3, 0.4) is 0 Å². The molecular formula is C10H16N2O. The number of hydrogen-bond donors (Lipinski definition) is 1. The molecule has 1 aliphatic carbocycles. The molecule has 0 bridgehead atoms. The normalized spacial score (nSPS) is 21.5. The van der Waals surface area contributed by atoms with E-state index >= 15 is 0 Å². The summed E-state index contributed by atoms with van der Waals surface area (Å²) in [4.78, 5) is 0. The van der Waals surface area contributed by atoms with E-state index in [0.29, 0.717) is 0 Å². The van der Waals surface area contributed by atoms with Crippen LogP contribution in [0.2, 0.25) is 0 Å². The summed E-state index contributed by atoms with van der Waals surface area (Å²) in [6.07, 6.45) is 5.65. The van der Waals surface area contributed by atoms with Crippen LogP contribution in [-0.2, 0) is 6.54 Å². The second-order valence-electron chi connectivity index (χ2n) is 4.19. The summed E-state index contributed by atoms with van der Waals surface area (Å²) in [5.41, 5.74) is 1.09. The molecule has 0 radical (unpaired) electrons. The number of aliphatic hydroxyl groups is 1. The Balaban J connectivity index is 2.15. The molecular weight excluding hydrogens is 164 g/mol. The molecule has 0 spiro atoms. The van der Waals surface area contributed by atoms with E-state index in [1.54, 1.807) is 6.20 Å². The lowest BCUT2D eigenvalue weighted by molar-refractivity contribution is 0.103. The van der Waals surface area contributed by atoms with Crippen LogP contribution >= 0.6 is 0 Å². The molecule has 0 aromatic carbocycles. The summed E-state index contributed by atoms with van der Waals surface area (Å²) >= 11 is 0. The minimum atomic E-state index is -0.326. The van der Waals surface area contributed by atoms with Crippen LogP contribution in [0.4, 0.5) is 0 Å². The Hall–Kier alpha value is -0.830. The highest BCUT2D eigenvalue weighted by atomic mass is 16.3. The average molecular weight is 180 g/mol. The van der Waals surface area contributed by atoms with Gasteiger partial charge in [-0.1, -0.05) is 6.92 Å². The van der Waals surface area contributed by atoms with Crippen LogP contribution in [0.1, 0.15) is 38.4 Å². The van der Waals surface area contributed by atoms with Crippen molar-refractivity contribution in [3.63, 3.8) is 0 Å². The molecule has 72 valence electrons. The summed E-state index contributed by atoms with van der Waals surface area (Å²) in [5.74, 6) is 0. The second-order valence-corrected chi connectivity index (χ2v) is 4.19. The Morgan fingerprint density at radius 2 is 2.38 bits per heavy atom. The molecule has 1 aliphatic rings. The Morgan fingerprint density at radius 3 is 2.85 bits per heavy atom. The molecule has 1 aromatic rings. The van der Waals surface area contributed by atoms with Gasteiger partial charge in [-0.3, -0.25) is 4.68 Å². The molecule has 3 nitrogen and oxygen atoms in total. The van der Waals surface area contributed by atoms with Gasteiger partial charge in [0.05, 0.1) is 12.3 Å². The molecule has 1 heterocycles. The lowest BCUT2D eigenvalue weighted by Gasteiger charge is -2.15.